The highest BCUT2D eigenvalue weighted by Crippen LogP contribution is 2.20. The zero-order valence-electron chi connectivity index (χ0n) is 15.2. The van der Waals surface area contributed by atoms with Gasteiger partial charge in [-0.3, -0.25) is 4.79 Å². The summed E-state index contributed by atoms with van der Waals surface area (Å²) in [7, 11) is 2.96. The second-order valence-electron chi connectivity index (χ2n) is 5.85. The Balaban J connectivity index is 1.84. The first-order valence-corrected chi connectivity index (χ1v) is 8.35. The molecule has 0 unspecified atom stereocenters. The molecule has 0 bridgehead atoms. The number of benzene rings is 1. The zero-order chi connectivity index (χ0) is 19.2. The van der Waals surface area contributed by atoms with Gasteiger partial charge in [0.2, 0.25) is 0 Å². The Bertz CT molecular complexity index is 941. The van der Waals surface area contributed by atoms with Crippen LogP contribution in [-0.2, 0) is 27.2 Å². The smallest absolute Gasteiger partial charge is 0.320 e. The van der Waals surface area contributed by atoms with Crippen LogP contribution in [0.3, 0.4) is 0 Å². The number of methoxy groups -OCH3 is 2. The Morgan fingerprint density at radius 2 is 2.00 bits per heavy atom. The molecule has 0 fully saturated rings. The normalized spacial score (nSPS) is 10.9. The number of imidazole rings is 1. The predicted molar refractivity (Wildman–Crippen MR) is 98.4 cm³/mol. The van der Waals surface area contributed by atoms with Gasteiger partial charge in [0.1, 0.15) is 6.61 Å². The molecule has 2 aromatic heterocycles. The van der Waals surface area contributed by atoms with E-state index >= 15 is 0 Å². The summed E-state index contributed by atoms with van der Waals surface area (Å²) in [4.78, 5) is 24.3. The number of carbonyl (C=O) groups excluding carboxylic acids is 1. The minimum absolute atomic E-state index is 0.179. The van der Waals surface area contributed by atoms with Crippen LogP contribution in [-0.4, -0.2) is 52.9 Å². The number of aromatic nitrogens is 4. The summed E-state index contributed by atoms with van der Waals surface area (Å²) in [6, 6.07) is 7.87. The molecule has 0 saturated carbocycles. The van der Waals surface area contributed by atoms with E-state index in [0.717, 1.165) is 11.1 Å². The maximum Gasteiger partial charge on any atom is 0.320 e. The molecule has 2 N–H and O–H groups in total. The highest BCUT2D eigenvalue weighted by molar-refractivity contribution is 5.82. The summed E-state index contributed by atoms with van der Waals surface area (Å²) in [6.45, 7) is 1.26. The molecule has 0 aliphatic rings. The van der Waals surface area contributed by atoms with Crippen molar-refractivity contribution in [2.75, 3.05) is 33.2 Å². The number of esters is 1. The molecule has 0 spiro atoms. The number of nitrogen functional groups attached to an aromatic ring is 1. The highest BCUT2D eigenvalue weighted by atomic mass is 16.5. The third-order valence-electron chi connectivity index (χ3n) is 3.91. The van der Waals surface area contributed by atoms with Crippen molar-refractivity contribution in [2.45, 2.75) is 13.0 Å². The van der Waals surface area contributed by atoms with Crippen LogP contribution in [0.4, 0.5) is 5.82 Å². The number of rotatable bonds is 8. The fraction of sp³-hybridized carbons (Fsp3) is 0.333. The average molecular weight is 371 g/mol. The lowest BCUT2D eigenvalue weighted by atomic mass is 10.1. The van der Waals surface area contributed by atoms with Gasteiger partial charge in [-0.05, 0) is 11.1 Å². The summed E-state index contributed by atoms with van der Waals surface area (Å²) in [5.41, 5.74) is 8.94. The van der Waals surface area contributed by atoms with Crippen LogP contribution in [0.5, 0.6) is 6.01 Å². The fourth-order valence-electron chi connectivity index (χ4n) is 2.62. The fourth-order valence-corrected chi connectivity index (χ4v) is 2.62. The lowest BCUT2D eigenvalue weighted by molar-refractivity contribution is -0.139. The number of carbonyl (C=O) groups is 1. The van der Waals surface area contributed by atoms with Crippen molar-refractivity contribution >= 4 is 23.0 Å². The largest absolute Gasteiger partial charge is 0.469 e. The van der Waals surface area contributed by atoms with Crippen molar-refractivity contribution in [3.63, 3.8) is 0 Å². The third kappa shape index (κ3) is 4.50. The van der Waals surface area contributed by atoms with E-state index in [1.165, 1.54) is 7.11 Å². The quantitative estimate of drug-likeness (QED) is 0.464. The average Bonchev–Trinajstić information content (AvgIpc) is 3.05. The van der Waals surface area contributed by atoms with Gasteiger partial charge in [-0.2, -0.15) is 9.97 Å². The number of anilines is 1. The molecule has 3 aromatic rings. The van der Waals surface area contributed by atoms with E-state index < -0.39 is 0 Å². The topological polar surface area (TPSA) is 114 Å². The van der Waals surface area contributed by atoms with Crippen LogP contribution in [0.2, 0.25) is 0 Å². The zero-order valence-corrected chi connectivity index (χ0v) is 15.2. The van der Waals surface area contributed by atoms with Gasteiger partial charge in [0, 0.05) is 7.11 Å². The molecule has 142 valence electrons. The Hall–Kier alpha value is -3.20. The Morgan fingerprint density at radius 1 is 1.19 bits per heavy atom. The number of nitrogens with zero attached hydrogens (tertiary/aromatic N) is 4. The summed E-state index contributed by atoms with van der Waals surface area (Å²) >= 11 is 0. The molecule has 0 aliphatic carbocycles. The molecule has 27 heavy (non-hydrogen) atoms. The summed E-state index contributed by atoms with van der Waals surface area (Å²) in [5, 5.41) is 0. The number of hydrogen-bond acceptors (Lipinski definition) is 8. The van der Waals surface area contributed by atoms with Crippen molar-refractivity contribution < 1.29 is 19.0 Å². The van der Waals surface area contributed by atoms with Crippen LogP contribution in [0.1, 0.15) is 11.1 Å². The first kappa shape index (κ1) is 18.6. The van der Waals surface area contributed by atoms with Gasteiger partial charge < -0.3 is 24.5 Å². The van der Waals surface area contributed by atoms with Gasteiger partial charge in [-0.15, -0.1) is 0 Å². The molecule has 0 aliphatic heterocycles. The van der Waals surface area contributed by atoms with Crippen LogP contribution >= 0.6 is 0 Å². The van der Waals surface area contributed by atoms with Gasteiger partial charge in [0.25, 0.3) is 0 Å². The van der Waals surface area contributed by atoms with Crippen molar-refractivity contribution in [1.82, 2.24) is 19.5 Å². The minimum atomic E-state index is -0.279. The number of nitrogens with two attached hydrogens (primary N) is 1. The van der Waals surface area contributed by atoms with E-state index in [9.17, 15) is 4.79 Å². The number of ether oxygens (including phenoxy) is 3. The van der Waals surface area contributed by atoms with Gasteiger partial charge >= 0.3 is 12.0 Å². The lowest BCUT2D eigenvalue weighted by Crippen LogP contribution is -2.09. The van der Waals surface area contributed by atoms with Gasteiger partial charge in [-0.1, -0.05) is 24.3 Å². The van der Waals surface area contributed by atoms with Crippen molar-refractivity contribution in [3.05, 3.63) is 41.7 Å². The summed E-state index contributed by atoms with van der Waals surface area (Å²) in [5.74, 6) is -0.0239. The molecule has 2 heterocycles. The van der Waals surface area contributed by atoms with Crippen molar-refractivity contribution in [2.24, 2.45) is 0 Å². The third-order valence-corrected chi connectivity index (χ3v) is 3.91. The number of hydrogen-bond donors (Lipinski definition) is 1. The maximum absolute atomic E-state index is 11.5. The first-order chi connectivity index (χ1) is 13.1. The molecule has 0 atom stereocenters. The molecular weight excluding hydrogens is 350 g/mol. The van der Waals surface area contributed by atoms with E-state index in [1.807, 2.05) is 28.8 Å². The first-order valence-electron chi connectivity index (χ1n) is 8.35. The maximum atomic E-state index is 11.5. The molecule has 0 amide bonds. The van der Waals surface area contributed by atoms with E-state index in [2.05, 4.69) is 15.0 Å². The van der Waals surface area contributed by atoms with Gasteiger partial charge in [-0.25, -0.2) is 4.98 Å². The molecule has 1 aromatic carbocycles. The van der Waals surface area contributed by atoms with Crippen molar-refractivity contribution in [1.29, 1.82) is 0 Å². The van der Waals surface area contributed by atoms with Crippen LogP contribution in [0.25, 0.3) is 11.2 Å². The van der Waals surface area contributed by atoms with E-state index in [1.54, 1.807) is 13.4 Å². The van der Waals surface area contributed by atoms with Crippen LogP contribution in [0, 0.1) is 0 Å². The van der Waals surface area contributed by atoms with Gasteiger partial charge in [0.05, 0.1) is 33.0 Å². The molecule has 9 heteroatoms. The SMILES string of the molecule is COCCOc1nc(N)c2ncn(Cc3cccc(CC(=O)OC)c3)c2n1. The van der Waals surface area contributed by atoms with Gasteiger partial charge in [0.15, 0.2) is 17.0 Å². The Kier molecular flexibility index (Phi) is 5.82. The molecule has 0 saturated heterocycles. The van der Waals surface area contributed by atoms with Crippen molar-refractivity contribution in [3.8, 4) is 6.01 Å². The molecular formula is C18H21N5O4. The lowest BCUT2D eigenvalue weighted by Gasteiger charge is -2.08. The Labute approximate surface area is 156 Å². The Morgan fingerprint density at radius 3 is 2.78 bits per heavy atom. The van der Waals surface area contributed by atoms with E-state index in [0.29, 0.717) is 30.9 Å². The number of fused-ring (bicyclic) bond motifs is 1. The second kappa shape index (κ2) is 8.45. The predicted octanol–water partition coefficient (Wildman–Crippen LogP) is 1.20. The van der Waals surface area contributed by atoms with E-state index in [4.69, 9.17) is 19.9 Å². The summed E-state index contributed by atoms with van der Waals surface area (Å²) in [6.07, 6.45) is 1.88. The molecule has 0 radical (unpaired) electrons. The minimum Gasteiger partial charge on any atom is -0.469 e. The van der Waals surface area contributed by atoms with Crippen LogP contribution in [0.15, 0.2) is 30.6 Å². The second-order valence-corrected chi connectivity index (χ2v) is 5.85. The monoisotopic (exact) mass is 371 g/mol. The van der Waals surface area contributed by atoms with Crippen LogP contribution < -0.4 is 10.5 Å². The molecule has 9 nitrogen and oxygen atoms in total. The highest BCUT2D eigenvalue weighted by Gasteiger charge is 2.13. The standard InChI is InChI=1S/C18H21N5O4/c1-25-6-7-27-18-21-16(19)15-17(22-18)23(11-20-15)10-13-5-3-4-12(8-13)9-14(24)26-2/h3-5,8,11H,6-7,9-10H2,1-2H3,(H2,19,21,22). The molecule has 3 rings (SSSR count). The van der Waals surface area contributed by atoms with E-state index in [-0.39, 0.29) is 24.2 Å². The summed E-state index contributed by atoms with van der Waals surface area (Å²) < 4.78 is 17.0.